The Bertz CT molecular complexity index is 581. The van der Waals surface area contributed by atoms with E-state index in [1.54, 1.807) is 30.3 Å². The van der Waals surface area contributed by atoms with Crippen LogP contribution in [0.15, 0.2) is 30.3 Å². The van der Waals surface area contributed by atoms with Crippen LogP contribution in [0.25, 0.3) is 0 Å². The standard InChI is InChI=1S/C13H12ClN3O/c1-8-7-10(14)4-6-11(8)15-13(18)12-5-3-9(2)16-17-12/h3-7H,1-2H3,(H,15,18). The van der Waals surface area contributed by atoms with Gasteiger partial charge in [-0.2, -0.15) is 5.10 Å². The molecule has 0 radical (unpaired) electrons. The molecule has 92 valence electrons. The Hall–Kier alpha value is -1.94. The smallest absolute Gasteiger partial charge is 0.276 e. The van der Waals surface area contributed by atoms with Crippen molar-refractivity contribution in [2.24, 2.45) is 0 Å². The third kappa shape index (κ3) is 2.84. The maximum absolute atomic E-state index is 11.9. The van der Waals surface area contributed by atoms with Gasteiger partial charge in [0.15, 0.2) is 5.69 Å². The molecule has 1 N–H and O–H groups in total. The molecule has 1 heterocycles. The van der Waals surface area contributed by atoms with Crippen molar-refractivity contribution in [2.45, 2.75) is 13.8 Å². The normalized spacial score (nSPS) is 10.2. The summed E-state index contributed by atoms with van der Waals surface area (Å²) in [5.41, 5.74) is 2.67. The highest BCUT2D eigenvalue weighted by Gasteiger charge is 2.09. The van der Waals surface area contributed by atoms with E-state index in [9.17, 15) is 4.79 Å². The molecular weight excluding hydrogens is 250 g/mol. The second-order valence-corrected chi connectivity index (χ2v) is 4.41. The Balaban J connectivity index is 2.18. The predicted molar refractivity (Wildman–Crippen MR) is 70.9 cm³/mol. The minimum absolute atomic E-state index is 0.284. The molecule has 0 spiro atoms. The van der Waals surface area contributed by atoms with Crippen molar-refractivity contribution in [3.05, 3.63) is 52.3 Å². The summed E-state index contributed by atoms with van der Waals surface area (Å²) in [6.07, 6.45) is 0. The Kier molecular flexibility index (Phi) is 3.58. The van der Waals surface area contributed by atoms with E-state index in [0.717, 1.165) is 11.3 Å². The maximum Gasteiger partial charge on any atom is 0.276 e. The maximum atomic E-state index is 11.9. The average molecular weight is 262 g/mol. The molecule has 4 nitrogen and oxygen atoms in total. The monoisotopic (exact) mass is 261 g/mol. The van der Waals surface area contributed by atoms with Crippen molar-refractivity contribution in [1.82, 2.24) is 10.2 Å². The zero-order chi connectivity index (χ0) is 13.1. The van der Waals surface area contributed by atoms with E-state index in [4.69, 9.17) is 11.6 Å². The number of anilines is 1. The van der Waals surface area contributed by atoms with Crippen LogP contribution in [-0.2, 0) is 0 Å². The van der Waals surface area contributed by atoms with Gasteiger partial charge in [-0.15, -0.1) is 5.10 Å². The lowest BCUT2D eigenvalue weighted by Gasteiger charge is -2.07. The highest BCUT2D eigenvalue weighted by atomic mass is 35.5. The van der Waals surface area contributed by atoms with Crippen LogP contribution >= 0.6 is 11.6 Å². The summed E-state index contributed by atoms with van der Waals surface area (Å²) in [4.78, 5) is 11.9. The van der Waals surface area contributed by atoms with Gasteiger partial charge < -0.3 is 5.32 Å². The van der Waals surface area contributed by atoms with Gasteiger partial charge in [0.1, 0.15) is 0 Å². The largest absolute Gasteiger partial charge is 0.320 e. The van der Waals surface area contributed by atoms with Gasteiger partial charge in [0.05, 0.1) is 5.69 Å². The van der Waals surface area contributed by atoms with E-state index in [-0.39, 0.29) is 11.6 Å². The Morgan fingerprint density at radius 3 is 2.56 bits per heavy atom. The first-order valence-corrected chi connectivity index (χ1v) is 5.82. The molecule has 0 atom stereocenters. The molecule has 0 saturated carbocycles. The number of carbonyl (C=O) groups excluding carboxylic acids is 1. The number of carbonyl (C=O) groups is 1. The van der Waals surface area contributed by atoms with Gasteiger partial charge in [-0.3, -0.25) is 4.79 Å². The number of nitrogens with one attached hydrogen (secondary N) is 1. The van der Waals surface area contributed by atoms with E-state index < -0.39 is 0 Å². The molecular formula is C13H12ClN3O. The van der Waals surface area contributed by atoms with Crippen LogP contribution < -0.4 is 5.32 Å². The number of nitrogens with zero attached hydrogens (tertiary/aromatic N) is 2. The van der Waals surface area contributed by atoms with E-state index in [1.165, 1.54) is 0 Å². The van der Waals surface area contributed by atoms with Gasteiger partial charge in [-0.25, -0.2) is 0 Å². The number of aryl methyl sites for hydroxylation is 2. The van der Waals surface area contributed by atoms with Gasteiger partial charge in [-0.1, -0.05) is 11.6 Å². The van der Waals surface area contributed by atoms with E-state index in [0.29, 0.717) is 10.7 Å². The molecule has 18 heavy (non-hydrogen) atoms. The van der Waals surface area contributed by atoms with Crippen LogP contribution in [0.1, 0.15) is 21.7 Å². The fourth-order valence-corrected chi connectivity index (χ4v) is 1.70. The average Bonchev–Trinajstić information content (AvgIpc) is 2.33. The highest BCUT2D eigenvalue weighted by Crippen LogP contribution is 2.19. The molecule has 0 aliphatic heterocycles. The number of benzene rings is 1. The first kappa shape index (κ1) is 12.5. The van der Waals surface area contributed by atoms with Gasteiger partial charge in [-0.05, 0) is 49.7 Å². The lowest BCUT2D eigenvalue weighted by Crippen LogP contribution is -2.15. The predicted octanol–water partition coefficient (Wildman–Crippen LogP) is 3.00. The molecule has 0 bridgehead atoms. The first-order chi connectivity index (χ1) is 8.56. The summed E-state index contributed by atoms with van der Waals surface area (Å²) < 4.78 is 0. The highest BCUT2D eigenvalue weighted by molar-refractivity contribution is 6.30. The molecule has 1 amide bonds. The van der Waals surface area contributed by atoms with Crippen molar-refractivity contribution in [3.8, 4) is 0 Å². The van der Waals surface area contributed by atoms with Gasteiger partial charge in [0.25, 0.3) is 5.91 Å². The molecule has 1 aromatic heterocycles. The summed E-state index contributed by atoms with van der Waals surface area (Å²) in [7, 11) is 0. The van der Waals surface area contributed by atoms with E-state index >= 15 is 0 Å². The summed E-state index contributed by atoms with van der Waals surface area (Å²) in [5, 5.41) is 11.1. The van der Waals surface area contributed by atoms with Gasteiger partial charge in [0, 0.05) is 10.7 Å². The molecule has 0 aliphatic rings. The van der Waals surface area contributed by atoms with Gasteiger partial charge in [0.2, 0.25) is 0 Å². The number of amides is 1. The van der Waals surface area contributed by atoms with Crippen LogP contribution in [0, 0.1) is 13.8 Å². The second-order valence-electron chi connectivity index (χ2n) is 3.97. The zero-order valence-electron chi connectivity index (χ0n) is 10.1. The quantitative estimate of drug-likeness (QED) is 0.904. The third-order valence-electron chi connectivity index (χ3n) is 2.47. The molecule has 1 aromatic carbocycles. The molecule has 0 unspecified atom stereocenters. The fraction of sp³-hybridized carbons (Fsp3) is 0.154. The van der Waals surface area contributed by atoms with Crippen molar-refractivity contribution in [3.63, 3.8) is 0 Å². The second kappa shape index (κ2) is 5.14. The minimum atomic E-state index is -0.284. The van der Waals surface area contributed by atoms with Crippen LogP contribution in [0.3, 0.4) is 0 Å². The fourth-order valence-electron chi connectivity index (χ4n) is 1.47. The number of aromatic nitrogens is 2. The van der Waals surface area contributed by atoms with Crippen molar-refractivity contribution in [2.75, 3.05) is 5.32 Å². The minimum Gasteiger partial charge on any atom is -0.320 e. The SMILES string of the molecule is Cc1ccc(C(=O)Nc2ccc(Cl)cc2C)nn1. The molecule has 0 aliphatic carbocycles. The van der Waals surface area contributed by atoms with Gasteiger partial charge >= 0.3 is 0 Å². The number of hydrogen-bond donors (Lipinski definition) is 1. The molecule has 2 rings (SSSR count). The molecule has 5 heteroatoms. The summed E-state index contributed by atoms with van der Waals surface area (Å²) >= 11 is 5.85. The van der Waals surface area contributed by atoms with Crippen LogP contribution in [0.4, 0.5) is 5.69 Å². The zero-order valence-corrected chi connectivity index (χ0v) is 10.8. The van der Waals surface area contributed by atoms with Crippen molar-refractivity contribution in [1.29, 1.82) is 0 Å². The summed E-state index contributed by atoms with van der Waals surface area (Å²) in [5.74, 6) is -0.284. The Labute approximate surface area is 110 Å². The van der Waals surface area contributed by atoms with E-state index in [2.05, 4.69) is 15.5 Å². The van der Waals surface area contributed by atoms with Crippen molar-refractivity contribution < 1.29 is 4.79 Å². The number of halogens is 1. The summed E-state index contributed by atoms with van der Waals surface area (Å²) in [6.45, 7) is 3.69. The van der Waals surface area contributed by atoms with Crippen LogP contribution in [-0.4, -0.2) is 16.1 Å². The molecule has 0 fully saturated rings. The summed E-state index contributed by atoms with van der Waals surface area (Å²) in [6, 6.07) is 8.67. The third-order valence-corrected chi connectivity index (χ3v) is 2.70. The lowest BCUT2D eigenvalue weighted by molar-refractivity contribution is 0.102. The Morgan fingerprint density at radius 1 is 1.17 bits per heavy atom. The topological polar surface area (TPSA) is 54.9 Å². The van der Waals surface area contributed by atoms with E-state index in [1.807, 2.05) is 13.8 Å². The van der Waals surface area contributed by atoms with Crippen molar-refractivity contribution >= 4 is 23.2 Å². The van der Waals surface area contributed by atoms with Crippen LogP contribution in [0.5, 0.6) is 0 Å². The molecule has 0 saturated heterocycles. The molecule has 2 aromatic rings. The number of hydrogen-bond acceptors (Lipinski definition) is 3. The Morgan fingerprint density at radius 2 is 1.94 bits per heavy atom. The lowest BCUT2D eigenvalue weighted by atomic mass is 10.2. The first-order valence-electron chi connectivity index (χ1n) is 5.44. The van der Waals surface area contributed by atoms with Crippen LogP contribution in [0.2, 0.25) is 5.02 Å². The number of rotatable bonds is 2.